The summed E-state index contributed by atoms with van der Waals surface area (Å²) < 4.78 is 7.66. The van der Waals surface area contributed by atoms with Crippen molar-refractivity contribution >= 4 is 11.6 Å². The van der Waals surface area contributed by atoms with Crippen molar-refractivity contribution in [1.82, 2.24) is 25.1 Å². The van der Waals surface area contributed by atoms with Gasteiger partial charge >= 0.3 is 0 Å². The monoisotopic (exact) mass is 392 g/mol. The van der Waals surface area contributed by atoms with Gasteiger partial charge in [-0.15, -0.1) is 5.10 Å². The number of rotatable bonds is 8. The molecule has 0 spiro atoms. The molecule has 1 aliphatic carbocycles. The lowest BCUT2D eigenvalue weighted by Gasteiger charge is -2.14. The molecule has 29 heavy (non-hydrogen) atoms. The Balaban J connectivity index is 1.50. The third kappa shape index (κ3) is 4.60. The van der Waals surface area contributed by atoms with Crippen LogP contribution in [0.4, 0.5) is 5.69 Å². The average molecular weight is 392 g/mol. The summed E-state index contributed by atoms with van der Waals surface area (Å²) in [5.41, 5.74) is 2.05. The number of ether oxygens (including phenoxy) is 1. The Bertz CT molecular complexity index is 996. The van der Waals surface area contributed by atoms with Crippen LogP contribution in [0, 0.1) is 0 Å². The molecular formula is C21H24N6O2. The zero-order valence-corrected chi connectivity index (χ0v) is 16.6. The number of para-hydroxylation sites is 1. The van der Waals surface area contributed by atoms with E-state index >= 15 is 0 Å². The van der Waals surface area contributed by atoms with E-state index < -0.39 is 0 Å². The molecule has 1 N–H and O–H groups in total. The van der Waals surface area contributed by atoms with Crippen LogP contribution in [0.5, 0.6) is 5.75 Å². The van der Waals surface area contributed by atoms with Crippen LogP contribution in [0.2, 0.25) is 0 Å². The van der Waals surface area contributed by atoms with E-state index in [0.29, 0.717) is 29.6 Å². The first-order valence-electron chi connectivity index (χ1n) is 9.68. The Hall–Kier alpha value is -3.26. The Labute approximate surface area is 169 Å². The molecule has 1 saturated carbocycles. The van der Waals surface area contributed by atoms with Crippen LogP contribution in [0.1, 0.15) is 29.2 Å². The molecular weight excluding hydrogens is 368 g/mol. The number of aromatic nitrogens is 4. The fraction of sp³-hybridized carbons (Fsp3) is 0.333. The number of nitrogens with one attached hydrogen (secondary N) is 1. The van der Waals surface area contributed by atoms with Crippen LogP contribution in [0.15, 0.2) is 48.5 Å². The maximum absolute atomic E-state index is 12.9. The summed E-state index contributed by atoms with van der Waals surface area (Å²) in [5, 5.41) is 15.0. The fourth-order valence-electron chi connectivity index (χ4n) is 3.00. The Morgan fingerprint density at radius 2 is 2.03 bits per heavy atom. The second kappa shape index (κ2) is 8.40. The molecule has 1 heterocycles. The molecule has 0 bridgehead atoms. The Morgan fingerprint density at radius 1 is 1.21 bits per heavy atom. The van der Waals surface area contributed by atoms with Crippen LogP contribution < -0.4 is 10.1 Å². The van der Waals surface area contributed by atoms with Gasteiger partial charge in [0.1, 0.15) is 12.4 Å². The van der Waals surface area contributed by atoms with E-state index in [9.17, 15) is 4.79 Å². The van der Waals surface area contributed by atoms with E-state index in [2.05, 4.69) is 20.8 Å². The van der Waals surface area contributed by atoms with Gasteiger partial charge in [0.25, 0.3) is 5.91 Å². The summed E-state index contributed by atoms with van der Waals surface area (Å²) >= 11 is 0. The van der Waals surface area contributed by atoms with Gasteiger partial charge in [-0.1, -0.05) is 24.3 Å². The number of amides is 1. The molecule has 4 rings (SSSR count). The Kier molecular flexibility index (Phi) is 5.53. The maximum atomic E-state index is 12.9. The van der Waals surface area contributed by atoms with Crippen LogP contribution in [-0.4, -0.2) is 58.3 Å². The minimum absolute atomic E-state index is 0.218. The summed E-state index contributed by atoms with van der Waals surface area (Å²) in [7, 11) is 3.96. The molecule has 8 nitrogen and oxygen atoms in total. The van der Waals surface area contributed by atoms with Crippen molar-refractivity contribution in [3.05, 3.63) is 54.1 Å². The highest BCUT2D eigenvalue weighted by Gasteiger charge is 2.28. The summed E-state index contributed by atoms with van der Waals surface area (Å²) in [5.74, 6) is 1.07. The number of hydrogen-bond acceptors (Lipinski definition) is 6. The summed E-state index contributed by atoms with van der Waals surface area (Å²) in [6.07, 6.45) is 2.19. The van der Waals surface area contributed by atoms with Crippen molar-refractivity contribution in [2.24, 2.45) is 0 Å². The van der Waals surface area contributed by atoms with E-state index in [0.717, 1.165) is 30.8 Å². The van der Waals surface area contributed by atoms with Crippen molar-refractivity contribution < 1.29 is 9.53 Å². The zero-order chi connectivity index (χ0) is 20.2. The number of tetrazole rings is 1. The molecule has 0 saturated heterocycles. The zero-order valence-electron chi connectivity index (χ0n) is 16.6. The second-order valence-corrected chi connectivity index (χ2v) is 7.36. The highest BCUT2D eigenvalue weighted by molar-refractivity contribution is 6.06. The predicted molar refractivity (Wildman–Crippen MR) is 110 cm³/mol. The SMILES string of the molecule is CN(C)CCOc1ccccc1C(=O)Nc1cccc(-c2nnnn2C2CC2)c1. The van der Waals surface area contributed by atoms with Crippen molar-refractivity contribution in [2.45, 2.75) is 18.9 Å². The molecule has 1 amide bonds. The molecule has 0 atom stereocenters. The van der Waals surface area contributed by atoms with Gasteiger partial charge in [-0.3, -0.25) is 4.79 Å². The summed E-state index contributed by atoms with van der Waals surface area (Å²) in [4.78, 5) is 14.9. The molecule has 8 heteroatoms. The van der Waals surface area contributed by atoms with Gasteiger partial charge in [0.2, 0.25) is 0 Å². The van der Waals surface area contributed by atoms with Gasteiger partial charge in [0.05, 0.1) is 11.6 Å². The van der Waals surface area contributed by atoms with E-state index in [4.69, 9.17) is 4.74 Å². The molecule has 3 aromatic rings. The molecule has 0 unspecified atom stereocenters. The van der Waals surface area contributed by atoms with E-state index in [-0.39, 0.29) is 5.91 Å². The van der Waals surface area contributed by atoms with Crippen LogP contribution in [0.3, 0.4) is 0 Å². The fourth-order valence-corrected chi connectivity index (χ4v) is 3.00. The number of nitrogens with zero attached hydrogens (tertiary/aromatic N) is 5. The minimum atomic E-state index is -0.218. The molecule has 0 radical (unpaired) electrons. The van der Waals surface area contributed by atoms with Crippen molar-refractivity contribution in [2.75, 3.05) is 32.6 Å². The van der Waals surface area contributed by atoms with Gasteiger partial charge in [0, 0.05) is 17.8 Å². The number of carbonyl (C=O) groups excluding carboxylic acids is 1. The topological polar surface area (TPSA) is 85.2 Å². The van der Waals surface area contributed by atoms with Gasteiger partial charge in [0.15, 0.2) is 5.82 Å². The highest BCUT2D eigenvalue weighted by atomic mass is 16.5. The number of likely N-dealkylation sites (N-methyl/N-ethyl adjacent to an activating group) is 1. The molecule has 1 aliphatic rings. The number of benzene rings is 2. The largest absolute Gasteiger partial charge is 0.491 e. The third-order valence-electron chi connectivity index (χ3n) is 4.69. The van der Waals surface area contributed by atoms with E-state index in [1.807, 2.05) is 66.1 Å². The normalized spacial score (nSPS) is 13.5. The molecule has 150 valence electrons. The maximum Gasteiger partial charge on any atom is 0.259 e. The highest BCUT2D eigenvalue weighted by Crippen LogP contribution is 2.36. The quantitative estimate of drug-likeness (QED) is 0.634. The van der Waals surface area contributed by atoms with Gasteiger partial charge in [-0.2, -0.15) is 0 Å². The predicted octanol–water partition coefficient (Wildman–Crippen LogP) is 2.87. The molecule has 1 fully saturated rings. The lowest BCUT2D eigenvalue weighted by Crippen LogP contribution is -2.20. The molecule has 0 aliphatic heterocycles. The van der Waals surface area contributed by atoms with Crippen molar-refractivity contribution in [3.63, 3.8) is 0 Å². The first kappa shape index (κ1) is 19.1. The molecule has 2 aromatic carbocycles. The number of carbonyl (C=O) groups is 1. The first-order chi connectivity index (χ1) is 14.1. The first-order valence-corrected chi connectivity index (χ1v) is 9.68. The second-order valence-electron chi connectivity index (χ2n) is 7.36. The van der Waals surface area contributed by atoms with Crippen LogP contribution in [0.25, 0.3) is 11.4 Å². The van der Waals surface area contributed by atoms with Crippen LogP contribution in [-0.2, 0) is 0 Å². The number of anilines is 1. The van der Waals surface area contributed by atoms with Crippen molar-refractivity contribution in [3.8, 4) is 17.1 Å². The lowest BCUT2D eigenvalue weighted by molar-refractivity contribution is 0.102. The smallest absolute Gasteiger partial charge is 0.259 e. The standard InChI is InChI=1S/C21H24N6O2/c1-26(2)12-13-29-19-9-4-3-8-18(19)21(28)22-16-7-5-6-15(14-16)20-23-24-25-27(20)17-10-11-17/h3-9,14,17H,10-13H2,1-2H3,(H,22,28). The Morgan fingerprint density at radius 3 is 2.83 bits per heavy atom. The third-order valence-corrected chi connectivity index (χ3v) is 4.69. The van der Waals surface area contributed by atoms with Gasteiger partial charge in [-0.25, -0.2) is 4.68 Å². The van der Waals surface area contributed by atoms with E-state index in [1.165, 1.54) is 0 Å². The van der Waals surface area contributed by atoms with Gasteiger partial charge in [-0.05, 0) is 61.6 Å². The van der Waals surface area contributed by atoms with Crippen LogP contribution >= 0.6 is 0 Å². The van der Waals surface area contributed by atoms with Crippen molar-refractivity contribution in [1.29, 1.82) is 0 Å². The molecule has 1 aromatic heterocycles. The summed E-state index contributed by atoms with van der Waals surface area (Å²) in [6.45, 7) is 1.28. The number of hydrogen-bond donors (Lipinski definition) is 1. The summed E-state index contributed by atoms with van der Waals surface area (Å²) in [6, 6.07) is 15.2. The van der Waals surface area contributed by atoms with E-state index in [1.54, 1.807) is 6.07 Å². The lowest BCUT2D eigenvalue weighted by atomic mass is 10.1. The average Bonchev–Trinajstić information content (AvgIpc) is 3.44. The van der Waals surface area contributed by atoms with Gasteiger partial charge < -0.3 is 15.0 Å². The minimum Gasteiger partial charge on any atom is -0.491 e.